The number of ether oxygens (including phenoxy) is 2. The molecule has 1 unspecified atom stereocenters. The molecule has 0 saturated heterocycles. The minimum absolute atomic E-state index is 0.00690. The third-order valence-electron chi connectivity index (χ3n) is 5.30. The Hall–Kier alpha value is -4.10. The summed E-state index contributed by atoms with van der Waals surface area (Å²) in [7, 11) is 0. The molecule has 1 atom stereocenters. The fraction of sp³-hybridized carbons (Fsp3) is 0.200. The summed E-state index contributed by atoms with van der Waals surface area (Å²) < 4.78 is 52.1. The van der Waals surface area contributed by atoms with Gasteiger partial charge in [-0.3, -0.25) is 9.55 Å². The van der Waals surface area contributed by atoms with Crippen LogP contribution in [0.3, 0.4) is 0 Å². The monoisotopic (exact) mass is 514 g/mol. The lowest BCUT2D eigenvalue weighted by atomic mass is 9.98. The van der Waals surface area contributed by atoms with E-state index in [9.17, 15) is 23.2 Å². The molecule has 0 spiro atoms. The molecule has 0 N–H and O–H groups in total. The van der Waals surface area contributed by atoms with Crippen LogP contribution in [-0.4, -0.2) is 20.7 Å². The quantitative estimate of drug-likeness (QED) is 0.435. The van der Waals surface area contributed by atoms with Crippen molar-refractivity contribution >= 4 is 11.6 Å². The summed E-state index contributed by atoms with van der Waals surface area (Å²) in [5.74, 6) is -1.60. The van der Waals surface area contributed by atoms with Crippen LogP contribution in [0.4, 0.5) is 13.2 Å². The maximum Gasteiger partial charge on any atom is 0.397 e. The highest BCUT2D eigenvalue weighted by Gasteiger charge is 2.43. The van der Waals surface area contributed by atoms with Crippen molar-refractivity contribution < 1.29 is 22.6 Å². The first-order valence-electron chi connectivity index (χ1n) is 10.7. The number of rotatable bonds is 7. The Morgan fingerprint density at radius 1 is 1.14 bits per heavy atom. The minimum atomic E-state index is -4.51. The lowest BCUT2D eigenvalue weighted by Gasteiger charge is -2.24. The molecule has 11 heteroatoms. The fourth-order valence-electron chi connectivity index (χ4n) is 3.44. The molecule has 36 heavy (non-hydrogen) atoms. The number of aromatic nitrogens is 3. The number of benzene rings is 1. The molecule has 0 saturated carbocycles. The zero-order valence-corrected chi connectivity index (χ0v) is 19.3. The lowest BCUT2D eigenvalue weighted by molar-refractivity contribution is -0.163. The molecule has 3 aromatic rings. The normalized spacial score (nSPS) is 15.5. The van der Waals surface area contributed by atoms with E-state index in [0.29, 0.717) is 12.1 Å². The first kappa shape index (κ1) is 25.0. The standard InChI is InChI=1S/C25H18ClF3N4O3/c26-21-3-2-19(12-20(21)25(27,28)29)36-22-4-1-17(11-18(22)13-30)15-35-23-7-10-33(24(34)32-23)14-16-5-8-31-9-6-16/h1-11,20H,12,14-15H2. The van der Waals surface area contributed by atoms with Crippen molar-refractivity contribution in [2.75, 3.05) is 0 Å². The van der Waals surface area contributed by atoms with Gasteiger partial charge in [-0.25, -0.2) is 4.79 Å². The average Bonchev–Trinajstić information content (AvgIpc) is 2.86. The second kappa shape index (κ2) is 10.7. The van der Waals surface area contributed by atoms with Crippen LogP contribution in [0.25, 0.3) is 0 Å². The van der Waals surface area contributed by atoms with E-state index in [0.717, 1.165) is 11.6 Å². The van der Waals surface area contributed by atoms with Gasteiger partial charge in [-0.05, 0) is 47.5 Å². The van der Waals surface area contributed by atoms with Gasteiger partial charge in [-0.15, -0.1) is 0 Å². The van der Waals surface area contributed by atoms with E-state index >= 15 is 0 Å². The van der Waals surface area contributed by atoms with Crippen LogP contribution in [0.15, 0.2) is 82.7 Å². The van der Waals surface area contributed by atoms with Crippen LogP contribution < -0.4 is 15.2 Å². The van der Waals surface area contributed by atoms with Crippen LogP contribution in [-0.2, 0) is 13.2 Å². The molecule has 4 rings (SSSR count). The molecule has 0 bridgehead atoms. The van der Waals surface area contributed by atoms with Gasteiger partial charge in [0.05, 0.1) is 18.0 Å². The largest absolute Gasteiger partial charge is 0.473 e. The van der Waals surface area contributed by atoms with E-state index < -0.39 is 24.2 Å². The molecular weight excluding hydrogens is 497 g/mol. The molecule has 1 aliphatic carbocycles. The number of pyridine rings is 1. The summed E-state index contributed by atoms with van der Waals surface area (Å²) in [4.78, 5) is 20.2. The van der Waals surface area contributed by atoms with E-state index in [4.69, 9.17) is 21.1 Å². The number of hydrogen-bond donors (Lipinski definition) is 0. The van der Waals surface area contributed by atoms with Gasteiger partial charge in [0.25, 0.3) is 0 Å². The highest BCUT2D eigenvalue weighted by Crippen LogP contribution is 2.41. The van der Waals surface area contributed by atoms with Crippen LogP contribution in [0, 0.1) is 17.2 Å². The highest BCUT2D eigenvalue weighted by atomic mass is 35.5. The second-order valence-corrected chi connectivity index (χ2v) is 8.28. The van der Waals surface area contributed by atoms with Crippen LogP contribution in [0.2, 0.25) is 0 Å². The summed E-state index contributed by atoms with van der Waals surface area (Å²) in [5.41, 5.74) is 1.10. The Labute approximate surface area is 208 Å². The number of nitriles is 1. The molecule has 2 aromatic heterocycles. The summed E-state index contributed by atoms with van der Waals surface area (Å²) in [6.45, 7) is 0.344. The Morgan fingerprint density at radius 2 is 1.92 bits per heavy atom. The van der Waals surface area contributed by atoms with Crippen molar-refractivity contribution in [3.63, 3.8) is 0 Å². The molecule has 0 radical (unpaired) electrons. The topological polar surface area (TPSA) is 90.0 Å². The summed E-state index contributed by atoms with van der Waals surface area (Å²) >= 11 is 5.70. The lowest BCUT2D eigenvalue weighted by Crippen LogP contribution is -2.26. The van der Waals surface area contributed by atoms with Crippen molar-refractivity contribution in [2.24, 2.45) is 5.92 Å². The van der Waals surface area contributed by atoms with Crippen LogP contribution >= 0.6 is 11.6 Å². The number of hydrogen-bond acceptors (Lipinski definition) is 6. The van der Waals surface area contributed by atoms with Gasteiger partial charge in [-0.1, -0.05) is 17.7 Å². The molecule has 1 aromatic carbocycles. The smallest absolute Gasteiger partial charge is 0.397 e. The fourth-order valence-corrected chi connectivity index (χ4v) is 3.71. The molecule has 0 amide bonds. The summed E-state index contributed by atoms with van der Waals surface area (Å²) in [6, 6.07) is 11.7. The second-order valence-electron chi connectivity index (χ2n) is 7.85. The van der Waals surface area contributed by atoms with E-state index in [1.165, 1.54) is 22.8 Å². The number of allylic oxidation sites excluding steroid dienone is 4. The zero-order valence-electron chi connectivity index (χ0n) is 18.6. The summed E-state index contributed by atoms with van der Waals surface area (Å²) in [6.07, 6.45) is 2.35. The number of nitrogens with zero attached hydrogens (tertiary/aromatic N) is 4. The first-order valence-corrected chi connectivity index (χ1v) is 11.0. The predicted molar refractivity (Wildman–Crippen MR) is 124 cm³/mol. The van der Waals surface area contributed by atoms with Crippen molar-refractivity contribution in [3.8, 4) is 17.7 Å². The average molecular weight is 515 g/mol. The van der Waals surface area contributed by atoms with E-state index in [-0.39, 0.29) is 34.6 Å². The van der Waals surface area contributed by atoms with E-state index in [1.807, 2.05) is 6.07 Å². The van der Waals surface area contributed by atoms with E-state index in [2.05, 4.69) is 9.97 Å². The molecular formula is C25H18ClF3N4O3. The third kappa shape index (κ3) is 6.12. The SMILES string of the molecule is N#Cc1cc(COc2ccn(Cc3ccncc3)c(=O)n2)ccc1OC1=CC=C(Cl)C(C(F)(F)F)C1. The predicted octanol–water partition coefficient (Wildman–Crippen LogP) is 5.10. The molecule has 0 fully saturated rings. The van der Waals surface area contributed by atoms with Crippen molar-refractivity contribution in [2.45, 2.75) is 25.7 Å². The minimum Gasteiger partial charge on any atom is -0.473 e. The van der Waals surface area contributed by atoms with Crippen molar-refractivity contribution in [1.29, 1.82) is 5.26 Å². The van der Waals surface area contributed by atoms with Gasteiger partial charge in [-0.2, -0.15) is 23.4 Å². The molecule has 2 heterocycles. The van der Waals surface area contributed by atoms with Gasteiger partial charge in [0.15, 0.2) is 0 Å². The Kier molecular flexibility index (Phi) is 7.41. The Bertz CT molecular complexity index is 1410. The first-order chi connectivity index (χ1) is 17.2. The van der Waals surface area contributed by atoms with Gasteiger partial charge >= 0.3 is 11.9 Å². The van der Waals surface area contributed by atoms with Gasteiger partial charge in [0.1, 0.15) is 24.2 Å². The molecule has 184 valence electrons. The third-order valence-corrected chi connectivity index (χ3v) is 5.69. The summed E-state index contributed by atoms with van der Waals surface area (Å²) in [5, 5.41) is 9.19. The van der Waals surface area contributed by atoms with Crippen molar-refractivity contribution in [1.82, 2.24) is 14.5 Å². The van der Waals surface area contributed by atoms with Gasteiger partial charge < -0.3 is 9.47 Å². The van der Waals surface area contributed by atoms with Gasteiger partial charge in [0, 0.05) is 36.1 Å². The maximum atomic E-state index is 13.2. The van der Waals surface area contributed by atoms with Crippen molar-refractivity contribution in [3.05, 3.63) is 105 Å². The molecule has 0 aliphatic heterocycles. The number of alkyl halides is 3. The van der Waals surface area contributed by atoms with E-state index in [1.54, 1.807) is 42.9 Å². The highest BCUT2D eigenvalue weighted by molar-refractivity contribution is 6.30. The van der Waals surface area contributed by atoms with Crippen LogP contribution in [0.1, 0.15) is 23.1 Å². The number of halogens is 4. The Morgan fingerprint density at radius 3 is 2.61 bits per heavy atom. The Balaban J connectivity index is 1.41. The zero-order chi connectivity index (χ0) is 25.7. The maximum absolute atomic E-state index is 13.2. The van der Waals surface area contributed by atoms with Gasteiger partial charge in [0.2, 0.25) is 5.88 Å². The van der Waals surface area contributed by atoms with Crippen LogP contribution in [0.5, 0.6) is 11.6 Å². The molecule has 1 aliphatic rings. The molecule has 7 nitrogen and oxygen atoms in total.